The van der Waals surface area contributed by atoms with Crippen molar-refractivity contribution in [3.05, 3.63) is 22.2 Å². The molecule has 8 nitrogen and oxygen atoms in total. The topological polar surface area (TPSA) is 113 Å². The number of nitrogens with one attached hydrogen (secondary N) is 1. The number of amides is 1. The average Bonchev–Trinajstić information content (AvgIpc) is 2.83. The number of halogens is 4. The maximum absolute atomic E-state index is 16.5. The van der Waals surface area contributed by atoms with Crippen LogP contribution in [-0.4, -0.2) is 69.5 Å². The van der Waals surface area contributed by atoms with E-state index >= 15 is 4.39 Å². The molecule has 14 heteroatoms. The van der Waals surface area contributed by atoms with Crippen molar-refractivity contribution in [1.82, 2.24) is 10.3 Å². The predicted octanol–water partition coefficient (Wildman–Crippen LogP) is 5.72. The van der Waals surface area contributed by atoms with E-state index in [9.17, 15) is 17.8 Å². The first-order chi connectivity index (χ1) is 18.1. The van der Waals surface area contributed by atoms with E-state index in [1.54, 1.807) is 26.8 Å². The summed E-state index contributed by atoms with van der Waals surface area (Å²) in [4.78, 5) is 21.9. The van der Waals surface area contributed by atoms with Crippen molar-refractivity contribution in [1.29, 1.82) is 0 Å². The summed E-state index contributed by atoms with van der Waals surface area (Å²) in [6.07, 6.45) is -0.899. The monoisotopic (exact) mass is 670 g/mol. The minimum atomic E-state index is -3.68. The molecule has 0 radical (unpaired) electrons. The Labute approximate surface area is 245 Å². The van der Waals surface area contributed by atoms with Crippen molar-refractivity contribution in [2.24, 2.45) is 9.36 Å². The van der Waals surface area contributed by atoms with E-state index in [4.69, 9.17) is 14.8 Å². The normalized spacial score (nSPS) is 23.4. The van der Waals surface area contributed by atoms with Crippen LogP contribution in [0.3, 0.4) is 0 Å². The van der Waals surface area contributed by atoms with Gasteiger partial charge in [-0.25, -0.2) is 31.5 Å². The fourth-order valence-electron chi connectivity index (χ4n) is 4.84. The van der Waals surface area contributed by atoms with Crippen molar-refractivity contribution >= 4 is 50.8 Å². The Morgan fingerprint density at radius 1 is 1.23 bits per heavy atom. The third-order valence-corrected chi connectivity index (χ3v) is 16.9. The van der Waals surface area contributed by atoms with Crippen molar-refractivity contribution in [3.8, 4) is 0 Å². The highest BCUT2D eigenvalue weighted by Gasteiger charge is 2.51. The van der Waals surface area contributed by atoms with Crippen LogP contribution in [0, 0.1) is 5.82 Å². The van der Waals surface area contributed by atoms with Gasteiger partial charge in [-0.2, -0.15) is 0 Å². The first kappa shape index (κ1) is 34.7. The minimum Gasteiger partial charge on any atom is -0.444 e. The number of hydrogen-bond acceptors (Lipinski definition) is 7. The van der Waals surface area contributed by atoms with E-state index in [2.05, 4.69) is 30.6 Å². The number of pyridine rings is 1. The van der Waals surface area contributed by atoms with Crippen LogP contribution in [0.15, 0.2) is 20.0 Å². The van der Waals surface area contributed by atoms with Crippen LogP contribution >= 0.6 is 15.9 Å². The Balaban J connectivity index is 2.90. The summed E-state index contributed by atoms with van der Waals surface area (Å²) in [6, 6.07) is 4.04. The summed E-state index contributed by atoms with van der Waals surface area (Å²) >= 11 is 3.41. The molecule has 0 aliphatic carbocycles. The fourth-order valence-corrected chi connectivity index (χ4v) is 11.7. The quantitative estimate of drug-likeness (QED) is 0.271. The van der Waals surface area contributed by atoms with Crippen molar-refractivity contribution < 1.29 is 32.0 Å². The largest absolute Gasteiger partial charge is 0.444 e. The molecular weight excluding hydrogens is 629 g/mol. The van der Waals surface area contributed by atoms with E-state index in [1.165, 1.54) is 20.8 Å². The number of amidine groups is 1. The second kappa shape index (κ2) is 12.0. The van der Waals surface area contributed by atoms with Gasteiger partial charge in [0.15, 0.2) is 0 Å². The first-order valence-corrected chi connectivity index (χ1v) is 18.4. The SMILES string of the molecule is CC[Si](CC)(CC)c1cc(Br)nc([C@]2(C)C[S@](=O)(=NCC(F)(F)CO)C(C)(C)C(NC(=O)OC(C)(C)C)=N2)c1F. The lowest BCUT2D eigenvalue weighted by Crippen LogP contribution is -2.58. The molecule has 2 N–H and O–H groups in total. The van der Waals surface area contributed by atoms with Gasteiger partial charge in [-0.15, -0.1) is 0 Å². The number of hydrogen-bond donors (Lipinski definition) is 2. The van der Waals surface area contributed by atoms with E-state index in [-0.39, 0.29) is 11.5 Å². The predicted molar refractivity (Wildman–Crippen MR) is 159 cm³/mol. The number of aliphatic hydroxyl groups excluding tert-OH is 1. The van der Waals surface area contributed by atoms with Gasteiger partial charge in [0.05, 0.1) is 23.6 Å². The molecule has 1 aliphatic rings. The second-order valence-corrected chi connectivity index (χ2v) is 20.8. The molecule has 0 saturated carbocycles. The molecule has 0 unspecified atom stereocenters. The molecular formula is C26H42BrF3N4O4SSi. The number of alkyl carbamates (subject to hydrolysis) is 1. The number of ether oxygens (including phenoxy) is 1. The van der Waals surface area contributed by atoms with Crippen LogP contribution in [-0.2, 0) is 20.0 Å². The Morgan fingerprint density at radius 2 is 1.77 bits per heavy atom. The molecule has 0 saturated heterocycles. The number of alkyl halides is 2. The smallest absolute Gasteiger partial charge is 0.413 e. The number of rotatable bonds is 8. The van der Waals surface area contributed by atoms with Gasteiger partial charge in [0.2, 0.25) is 0 Å². The van der Waals surface area contributed by atoms with Crippen molar-refractivity contribution in [2.45, 2.75) is 102 Å². The Bertz CT molecular complexity index is 1270. The van der Waals surface area contributed by atoms with Gasteiger partial charge in [0.1, 0.15) is 51.0 Å². The van der Waals surface area contributed by atoms with Crippen LogP contribution in [0.1, 0.15) is 68.0 Å². The van der Waals surface area contributed by atoms with Crippen molar-refractivity contribution in [3.63, 3.8) is 0 Å². The van der Waals surface area contributed by atoms with Gasteiger partial charge in [0.25, 0.3) is 5.92 Å². The lowest BCUT2D eigenvalue weighted by atomic mass is 9.98. The zero-order valence-electron chi connectivity index (χ0n) is 24.8. The molecule has 2 rings (SSSR count). The van der Waals surface area contributed by atoms with E-state index in [1.807, 2.05) is 20.8 Å². The molecule has 0 bridgehead atoms. The summed E-state index contributed by atoms with van der Waals surface area (Å²) in [5.41, 5.74) is -2.63. The molecule has 40 heavy (non-hydrogen) atoms. The Kier molecular flexibility index (Phi) is 10.4. The van der Waals surface area contributed by atoms with Gasteiger partial charge < -0.3 is 9.84 Å². The standard InChI is InChI=1S/C26H42BrF3N4O4SSi/c1-10-40(11-2,12-3)17-13-18(27)32-20(19(17)28)25(9)16-39(37,31-14-26(29,30)15-35)24(7,8)21(34-25)33-22(36)38-23(4,5)6/h13,35H,10-12,14-16H2,1-9H3,(H,33,34,36)/t25-,39+/m0/s1. The van der Waals surface area contributed by atoms with Crippen LogP contribution < -0.4 is 10.5 Å². The molecule has 2 atom stereocenters. The highest BCUT2D eigenvalue weighted by atomic mass is 79.9. The number of aliphatic hydroxyl groups is 1. The number of carbonyl (C=O) groups is 1. The molecule has 0 aromatic carbocycles. The third-order valence-electron chi connectivity index (χ3n) is 7.60. The number of aromatic nitrogens is 1. The Morgan fingerprint density at radius 3 is 2.25 bits per heavy atom. The van der Waals surface area contributed by atoms with E-state index in [0.29, 0.717) is 9.79 Å². The van der Waals surface area contributed by atoms with Gasteiger partial charge in [-0.1, -0.05) is 38.9 Å². The molecule has 0 fully saturated rings. The zero-order valence-corrected chi connectivity index (χ0v) is 28.2. The molecule has 1 aromatic rings. The summed E-state index contributed by atoms with van der Waals surface area (Å²) < 4.78 is 67.3. The first-order valence-electron chi connectivity index (χ1n) is 13.3. The highest BCUT2D eigenvalue weighted by molar-refractivity contribution is 9.10. The average molecular weight is 672 g/mol. The second-order valence-electron chi connectivity index (χ2n) is 12.0. The van der Waals surface area contributed by atoms with Gasteiger partial charge in [-0.3, -0.25) is 10.3 Å². The zero-order chi connectivity index (χ0) is 30.9. The van der Waals surface area contributed by atoms with Crippen LogP contribution in [0.2, 0.25) is 18.1 Å². The fraction of sp³-hybridized carbons (Fsp3) is 0.731. The Hall–Kier alpha value is -1.51. The van der Waals surface area contributed by atoms with Gasteiger partial charge in [0, 0.05) is 0 Å². The lowest BCUT2D eigenvalue weighted by Gasteiger charge is -2.42. The number of carbonyl (C=O) groups excluding carboxylic acids is 1. The number of aliphatic imine (C=N–C) groups is 1. The molecule has 1 amide bonds. The molecule has 1 aliphatic heterocycles. The number of nitrogens with zero attached hydrogens (tertiary/aromatic N) is 3. The molecule has 1 aromatic heterocycles. The maximum atomic E-state index is 16.5. The van der Waals surface area contributed by atoms with Crippen LogP contribution in [0.4, 0.5) is 18.0 Å². The van der Waals surface area contributed by atoms with Crippen molar-refractivity contribution in [2.75, 3.05) is 18.9 Å². The third kappa shape index (κ3) is 7.09. The lowest BCUT2D eigenvalue weighted by molar-refractivity contribution is -0.0401. The van der Waals surface area contributed by atoms with E-state index < -0.39 is 70.4 Å². The summed E-state index contributed by atoms with van der Waals surface area (Å²) in [7, 11) is -5.96. The van der Waals surface area contributed by atoms with Crippen LogP contribution in [0.5, 0.6) is 0 Å². The maximum Gasteiger partial charge on any atom is 0.413 e. The molecule has 0 spiro atoms. The van der Waals surface area contributed by atoms with Gasteiger partial charge in [-0.05, 0) is 68.7 Å². The van der Waals surface area contributed by atoms with Crippen LogP contribution in [0.25, 0.3) is 0 Å². The summed E-state index contributed by atoms with van der Waals surface area (Å²) in [5.74, 6) is -4.78. The van der Waals surface area contributed by atoms with Gasteiger partial charge >= 0.3 is 6.09 Å². The summed E-state index contributed by atoms with van der Waals surface area (Å²) in [5, 5.41) is 12.2. The summed E-state index contributed by atoms with van der Waals surface area (Å²) in [6.45, 7) is 12.8. The van der Waals surface area contributed by atoms with E-state index in [0.717, 1.165) is 18.1 Å². The molecule has 228 valence electrons. The highest BCUT2D eigenvalue weighted by Crippen LogP contribution is 2.40. The molecule has 2 heterocycles. The minimum absolute atomic E-state index is 0.111.